The molecule has 1 rings (SSSR count). The van der Waals surface area contributed by atoms with E-state index in [4.69, 9.17) is 0 Å². The Morgan fingerprint density at radius 1 is 1.17 bits per heavy atom. The molecule has 0 fully saturated rings. The Bertz CT molecular complexity index is 443. The molecule has 0 aromatic heterocycles. The van der Waals surface area contributed by atoms with Gasteiger partial charge in [-0.25, -0.2) is 0 Å². The van der Waals surface area contributed by atoms with Crippen LogP contribution in [0.25, 0.3) is 0 Å². The summed E-state index contributed by atoms with van der Waals surface area (Å²) in [6, 6.07) is 9.22. The molecule has 1 aromatic rings. The minimum atomic E-state index is 0. The summed E-state index contributed by atoms with van der Waals surface area (Å²) >= 11 is 0. The van der Waals surface area contributed by atoms with E-state index in [-0.39, 0.29) is 24.0 Å². The smallest absolute Gasteiger partial charge is 0.191 e. The topological polar surface area (TPSA) is 39.7 Å². The standard InChI is InChI=1S/C18H32N4.HI/c1-6-15(3)21-18(19-7-2)20-14-8-9-16-10-12-17(13-11-16)22(4)5;/h10-13,15H,6-9,14H2,1-5H3,(H2,19,20,21);1H. The number of guanidine groups is 1. The summed E-state index contributed by atoms with van der Waals surface area (Å²) in [4.78, 5) is 6.77. The van der Waals surface area contributed by atoms with Crippen molar-refractivity contribution in [1.29, 1.82) is 0 Å². The molecule has 1 aromatic carbocycles. The molecule has 0 heterocycles. The summed E-state index contributed by atoms with van der Waals surface area (Å²) < 4.78 is 0. The van der Waals surface area contributed by atoms with E-state index in [9.17, 15) is 0 Å². The van der Waals surface area contributed by atoms with Gasteiger partial charge in [-0.1, -0.05) is 19.1 Å². The van der Waals surface area contributed by atoms with Gasteiger partial charge in [0.05, 0.1) is 0 Å². The van der Waals surface area contributed by atoms with Crippen molar-refractivity contribution in [2.75, 3.05) is 32.1 Å². The van der Waals surface area contributed by atoms with Crippen LogP contribution in [0.1, 0.15) is 39.2 Å². The molecule has 0 aliphatic heterocycles. The van der Waals surface area contributed by atoms with E-state index in [1.54, 1.807) is 0 Å². The second-order valence-corrected chi connectivity index (χ2v) is 5.88. The second-order valence-electron chi connectivity index (χ2n) is 5.88. The Kier molecular flexibility index (Phi) is 11.9. The molecule has 0 bridgehead atoms. The lowest BCUT2D eigenvalue weighted by molar-refractivity contribution is 0.623. The van der Waals surface area contributed by atoms with Gasteiger partial charge in [0.15, 0.2) is 5.96 Å². The Labute approximate surface area is 159 Å². The number of benzene rings is 1. The van der Waals surface area contributed by atoms with E-state index in [1.165, 1.54) is 11.3 Å². The third-order valence-electron chi connectivity index (χ3n) is 3.69. The van der Waals surface area contributed by atoms with E-state index in [0.717, 1.165) is 38.3 Å². The fraction of sp³-hybridized carbons (Fsp3) is 0.611. The Morgan fingerprint density at radius 2 is 1.83 bits per heavy atom. The minimum absolute atomic E-state index is 0. The summed E-state index contributed by atoms with van der Waals surface area (Å²) in [5.74, 6) is 0.930. The van der Waals surface area contributed by atoms with Crippen LogP contribution >= 0.6 is 24.0 Å². The Hall–Kier alpha value is -0.980. The number of aryl methyl sites for hydroxylation is 1. The highest BCUT2D eigenvalue weighted by atomic mass is 127. The molecule has 0 aliphatic rings. The molecule has 1 atom stereocenters. The molecule has 132 valence electrons. The van der Waals surface area contributed by atoms with Gasteiger partial charge in [-0.2, -0.15) is 0 Å². The summed E-state index contributed by atoms with van der Waals surface area (Å²) in [5, 5.41) is 6.72. The van der Waals surface area contributed by atoms with Gasteiger partial charge in [-0.15, -0.1) is 24.0 Å². The number of rotatable bonds is 8. The van der Waals surface area contributed by atoms with Crippen molar-refractivity contribution in [2.24, 2.45) is 4.99 Å². The molecule has 0 spiro atoms. The van der Waals surface area contributed by atoms with Crippen molar-refractivity contribution >= 4 is 35.6 Å². The molecule has 0 aliphatic carbocycles. The maximum Gasteiger partial charge on any atom is 0.191 e. The first-order chi connectivity index (χ1) is 10.6. The zero-order valence-electron chi connectivity index (χ0n) is 15.2. The van der Waals surface area contributed by atoms with Crippen molar-refractivity contribution in [3.8, 4) is 0 Å². The lowest BCUT2D eigenvalue weighted by atomic mass is 10.1. The summed E-state index contributed by atoms with van der Waals surface area (Å²) in [6.45, 7) is 8.20. The fourth-order valence-electron chi connectivity index (χ4n) is 2.09. The molecule has 1 unspecified atom stereocenters. The molecule has 5 heteroatoms. The van der Waals surface area contributed by atoms with Crippen molar-refractivity contribution in [3.05, 3.63) is 29.8 Å². The van der Waals surface area contributed by atoms with E-state index < -0.39 is 0 Å². The third-order valence-corrected chi connectivity index (χ3v) is 3.69. The van der Waals surface area contributed by atoms with Crippen LogP contribution in [-0.4, -0.2) is 39.2 Å². The van der Waals surface area contributed by atoms with E-state index in [2.05, 4.69) is 79.7 Å². The van der Waals surface area contributed by atoms with Crippen LogP contribution in [0, 0.1) is 0 Å². The van der Waals surface area contributed by atoms with Gasteiger partial charge in [0.2, 0.25) is 0 Å². The molecule has 0 saturated heterocycles. The van der Waals surface area contributed by atoms with E-state index in [1.807, 2.05) is 0 Å². The molecule has 23 heavy (non-hydrogen) atoms. The predicted octanol–water partition coefficient (Wildman–Crippen LogP) is 3.66. The number of aliphatic imine (C=N–C) groups is 1. The molecule has 0 saturated carbocycles. The number of halogens is 1. The molecule has 4 nitrogen and oxygen atoms in total. The quantitative estimate of drug-likeness (QED) is 0.285. The van der Waals surface area contributed by atoms with Gasteiger partial charge < -0.3 is 15.5 Å². The van der Waals surface area contributed by atoms with Gasteiger partial charge in [0, 0.05) is 38.9 Å². The third kappa shape index (κ3) is 9.03. The van der Waals surface area contributed by atoms with Crippen molar-refractivity contribution < 1.29 is 0 Å². The average molecular weight is 432 g/mol. The number of hydrogen-bond acceptors (Lipinski definition) is 2. The van der Waals surface area contributed by atoms with Crippen LogP contribution in [-0.2, 0) is 6.42 Å². The summed E-state index contributed by atoms with van der Waals surface area (Å²) in [5.41, 5.74) is 2.62. The summed E-state index contributed by atoms with van der Waals surface area (Å²) in [6.07, 6.45) is 3.24. The largest absolute Gasteiger partial charge is 0.378 e. The fourth-order valence-corrected chi connectivity index (χ4v) is 2.09. The van der Waals surface area contributed by atoms with Crippen LogP contribution in [0.3, 0.4) is 0 Å². The van der Waals surface area contributed by atoms with Gasteiger partial charge >= 0.3 is 0 Å². The maximum atomic E-state index is 4.65. The molecular formula is C18H33IN4. The molecular weight excluding hydrogens is 399 g/mol. The van der Waals surface area contributed by atoms with Crippen molar-refractivity contribution in [3.63, 3.8) is 0 Å². The van der Waals surface area contributed by atoms with Crippen LogP contribution in [0.4, 0.5) is 5.69 Å². The SMILES string of the molecule is CCNC(=NCCCc1ccc(N(C)C)cc1)NC(C)CC.I. The Balaban J connectivity index is 0.00000484. The number of nitrogens with zero attached hydrogens (tertiary/aromatic N) is 2. The first-order valence-electron chi connectivity index (χ1n) is 8.37. The summed E-state index contributed by atoms with van der Waals surface area (Å²) in [7, 11) is 4.13. The molecule has 2 N–H and O–H groups in total. The minimum Gasteiger partial charge on any atom is -0.378 e. The lowest BCUT2D eigenvalue weighted by Crippen LogP contribution is -2.42. The highest BCUT2D eigenvalue weighted by molar-refractivity contribution is 14.0. The molecule has 0 radical (unpaired) electrons. The second kappa shape index (κ2) is 12.4. The van der Waals surface area contributed by atoms with E-state index in [0.29, 0.717) is 6.04 Å². The van der Waals surface area contributed by atoms with Gasteiger partial charge in [0.1, 0.15) is 0 Å². The highest BCUT2D eigenvalue weighted by Gasteiger charge is 2.02. The maximum absolute atomic E-state index is 4.65. The van der Waals surface area contributed by atoms with Crippen molar-refractivity contribution in [1.82, 2.24) is 10.6 Å². The first kappa shape index (κ1) is 22.0. The Morgan fingerprint density at radius 3 is 2.35 bits per heavy atom. The van der Waals surface area contributed by atoms with Crippen LogP contribution in [0.2, 0.25) is 0 Å². The van der Waals surface area contributed by atoms with E-state index >= 15 is 0 Å². The zero-order valence-corrected chi connectivity index (χ0v) is 17.6. The van der Waals surface area contributed by atoms with Crippen LogP contribution in [0.15, 0.2) is 29.3 Å². The number of hydrogen-bond donors (Lipinski definition) is 2. The van der Waals surface area contributed by atoms with Crippen LogP contribution in [0.5, 0.6) is 0 Å². The first-order valence-corrected chi connectivity index (χ1v) is 8.37. The van der Waals surface area contributed by atoms with Crippen molar-refractivity contribution in [2.45, 2.75) is 46.1 Å². The average Bonchev–Trinajstić information content (AvgIpc) is 2.51. The predicted molar refractivity (Wildman–Crippen MR) is 113 cm³/mol. The van der Waals surface area contributed by atoms with Gasteiger partial charge in [0.25, 0.3) is 0 Å². The number of anilines is 1. The van der Waals surface area contributed by atoms with Gasteiger partial charge in [-0.3, -0.25) is 4.99 Å². The lowest BCUT2D eigenvalue weighted by Gasteiger charge is -2.16. The number of nitrogens with one attached hydrogen (secondary N) is 2. The zero-order chi connectivity index (χ0) is 16.4. The van der Waals surface area contributed by atoms with Crippen LogP contribution < -0.4 is 15.5 Å². The normalized spacial score (nSPS) is 12.3. The molecule has 0 amide bonds. The monoisotopic (exact) mass is 432 g/mol. The highest BCUT2D eigenvalue weighted by Crippen LogP contribution is 2.13. The van der Waals surface area contributed by atoms with Gasteiger partial charge in [-0.05, 0) is 50.8 Å².